The van der Waals surface area contributed by atoms with Gasteiger partial charge in [0.1, 0.15) is 18.1 Å². The van der Waals surface area contributed by atoms with E-state index in [1.807, 2.05) is 25.1 Å². The smallest absolute Gasteiger partial charge is 0.127 e. The highest BCUT2D eigenvalue weighted by molar-refractivity contribution is 5.42. The molecule has 1 fully saturated rings. The zero-order valence-electron chi connectivity index (χ0n) is 12.3. The van der Waals surface area contributed by atoms with Crippen molar-refractivity contribution in [2.45, 2.75) is 13.0 Å². The second-order valence-electron chi connectivity index (χ2n) is 4.99. The van der Waals surface area contributed by atoms with Crippen molar-refractivity contribution in [2.75, 3.05) is 46.6 Å². The topological polar surface area (TPSA) is 57.0 Å². The highest BCUT2D eigenvalue weighted by Gasteiger charge is 2.12. The SMILES string of the molecule is COc1ccc(C(C)N)c(OCCN2CCOCC2)c1. The Hall–Kier alpha value is -1.30. The Morgan fingerprint density at radius 1 is 1.35 bits per heavy atom. The molecule has 1 saturated heterocycles. The lowest BCUT2D eigenvalue weighted by atomic mass is 10.1. The number of methoxy groups -OCH3 is 1. The number of nitrogens with zero attached hydrogens (tertiary/aromatic N) is 1. The van der Waals surface area contributed by atoms with E-state index in [1.54, 1.807) is 7.11 Å². The van der Waals surface area contributed by atoms with Crippen molar-refractivity contribution in [3.63, 3.8) is 0 Å². The third-order valence-corrected chi connectivity index (χ3v) is 3.48. The molecule has 1 unspecified atom stereocenters. The van der Waals surface area contributed by atoms with Crippen LogP contribution in [0, 0.1) is 0 Å². The summed E-state index contributed by atoms with van der Waals surface area (Å²) in [6.07, 6.45) is 0. The average molecular weight is 280 g/mol. The summed E-state index contributed by atoms with van der Waals surface area (Å²) in [7, 11) is 1.65. The molecule has 0 aromatic heterocycles. The molecule has 5 nitrogen and oxygen atoms in total. The Labute approximate surface area is 120 Å². The number of hydrogen-bond acceptors (Lipinski definition) is 5. The predicted octanol–water partition coefficient (Wildman–Crippen LogP) is 1.43. The van der Waals surface area contributed by atoms with Gasteiger partial charge in [-0.3, -0.25) is 4.90 Å². The van der Waals surface area contributed by atoms with Crippen LogP contribution in [-0.4, -0.2) is 51.5 Å². The van der Waals surface area contributed by atoms with Crippen LogP contribution < -0.4 is 15.2 Å². The molecule has 1 atom stereocenters. The van der Waals surface area contributed by atoms with E-state index < -0.39 is 0 Å². The second kappa shape index (κ2) is 7.47. The molecule has 2 N–H and O–H groups in total. The molecule has 1 aliphatic rings. The minimum Gasteiger partial charge on any atom is -0.497 e. The lowest BCUT2D eigenvalue weighted by Crippen LogP contribution is -2.38. The van der Waals surface area contributed by atoms with Gasteiger partial charge >= 0.3 is 0 Å². The first-order valence-corrected chi connectivity index (χ1v) is 7.07. The number of rotatable bonds is 6. The maximum absolute atomic E-state index is 5.97. The van der Waals surface area contributed by atoms with Crippen molar-refractivity contribution in [3.8, 4) is 11.5 Å². The molecule has 5 heteroatoms. The summed E-state index contributed by atoms with van der Waals surface area (Å²) in [5.74, 6) is 1.60. The highest BCUT2D eigenvalue weighted by atomic mass is 16.5. The van der Waals surface area contributed by atoms with Gasteiger partial charge in [-0.05, 0) is 13.0 Å². The van der Waals surface area contributed by atoms with Crippen molar-refractivity contribution in [2.24, 2.45) is 5.73 Å². The van der Waals surface area contributed by atoms with Gasteiger partial charge in [0.05, 0.1) is 20.3 Å². The van der Waals surface area contributed by atoms with E-state index in [0.717, 1.165) is 49.9 Å². The Kier molecular flexibility index (Phi) is 5.64. The molecule has 0 aliphatic carbocycles. The zero-order valence-corrected chi connectivity index (χ0v) is 12.3. The monoisotopic (exact) mass is 280 g/mol. The van der Waals surface area contributed by atoms with Crippen LogP contribution in [0.4, 0.5) is 0 Å². The van der Waals surface area contributed by atoms with Crippen molar-refractivity contribution >= 4 is 0 Å². The molecular weight excluding hydrogens is 256 g/mol. The standard InChI is InChI=1S/C15H24N2O3/c1-12(16)14-4-3-13(18-2)11-15(14)20-10-7-17-5-8-19-9-6-17/h3-4,11-12H,5-10,16H2,1-2H3. The summed E-state index contributed by atoms with van der Waals surface area (Å²) in [6.45, 7) is 7.07. The predicted molar refractivity (Wildman–Crippen MR) is 78.4 cm³/mol. The van der Waals surface area contributed by atoms with E-state index >= 15 is 0 Å². The number of morpholine rings is 1. The molecule has 1 heterocycles. The van der Waals surface area contributed by atoms with Gasteiger partial charge in [-0.25, -0.2) is 0 Å². The summed E-state index contributed by atoms with van der Waals surface area (Å²) in [6, 6.07) is 5.72. The van der Waals surface area contributed by atoms with Crippen LogP contribution >= 0.6 is 0 Å². The number of ether oxygens (including phenoxy) is 3. The van der Waals surface area contributed by atoms with E-state index in [-0.39, 0.29) is 6.04 Å². The Morgan fingerprint density at radius 3 is 2.75 bits per heavy atom. The average Bonchev–Trinajstić information content (AvgIpc) is 2.48. The van der Waals surface area contributed by atoms with E-state index in [4.69, 9.17) is 19.9 Å². The Morgan fingerprint density at radius 2 is 2.10 bits per heavy atom. The molecule has 0 radical (unpaired) electrons. The highest BCUT2D eigenvalue weighted by Crippen LogP contribution is 2.28. The maximum Gasteiger partial charge on any atom is 0.127 e. The molecule has 0 spiro atoms. The van der Waals surface area contributed by atoms with Gasteiger partial charge in [-0.2, -0.15) is 0 Å². The fourth-order valence-corrected chi connectivity index (χ4v) is 2.25. The van der Waals surface area contributed by atoms with Gasteiger partial charge < -0.3 is 19.9 Å². The molecule has 0 saturated carbocycles. The van der Waals surface area contributed by atoms with Crippen LogP contribution in [0.15, 0.2) is 18.2 Å². The second-order valence-corrected chi connectivity index (χ2v) is 4.99. The summed E-state index contributed by atoms with van der Waals surface area (Å²) in [5, 5.41) is 0. The van der Waals surface area contributed by atoms with Crippen LogP contribution in [0.1, 0.15) is 18.5 Å². The van der Waals surface area contributed by atoms with E-state index in [0.29, 0.717) is 6.61 Å². The summed E-state index contributed by atoms with van der Waals surface area (Å²) in [5.41, 5.74) is 6.98. The van der Waals surface area contributed by atoms with Crippen molar-refractivity contribution in [3.05, 3.63) is 23.8 Å². The number of hydrogen-bond donors (Lipinski definition) is 1. The molecular formula is C15H24N2O3. The number of benzene rings is 1. The quantitative estimate of drug-likeness (QED) is 0.854. The van der Waals surface area contributed by atoms with Gasteiger partial charge in [0, 0.05) is 37.3 Å². The molecule has 1 aromatic carbocycles. The largest absolute Gasteiger partial charge is 0.497 e. The van der Waals surface area contributed by atoms with Crippen molar-refractivity contribution in [1.82, 2.24) is 4.90 Å². The van der Waals surface area contributed by atoms with Gasteiger partial charge in [0.25, 0.3) is 0 Å². The van der Waals surface area contributed by atoms with E-state index in [1.165, 1.54) is 0 Å². The molecule has 20 heavy (non-hydrogen) atoms. The van der Waals surface area contributed by atoms with Gasteiger partial charge in [-0.15, -0.1) is 0 Å². The first kappa shape index (κ1) is 15.1. The Balaban J connectivity index is 1.92. The van der Waals surface area contributed by atoms with Gasteiger partial charge in [0.2, 0.25) is 0 Å². The van der Waals surface area contributed by atoms with Crippen LogP contribution in [0.2, 0.25) is 0 Å². The molecule has 112 valence electrons. The van der Waals surface area contributed by atoms with E-state index in [2.05, 4.69) is 4.90 Å². The normalized spacial score (nSPS) is 17.8. The van der Waals surface area contributed by atoms with Crippen molar-refractivity contribution < 1.29 is 14.2 Å². The summed E-state index contributed by atoms with van der Waals surface area (Å²) < 4.78 is 16.5. The lowest BCUT2D eigenvalue weighted by molar-refractivity contribution is 0.0322. The van der Waals surface area contributed by atoms with Crippen molar-refractivity contribution in [1.29, 1.82) is 0 Å². The fraction of sp³-hybridized carbons (Fsp3) is 0.600. The minimum absolute atomic E-state index is 0.0562. The van der Waals surface area contributed by atoms with Crippen LogP contribution in [0.3, 0.4) is 0 Å². The number of nitrogens with two attached hydrogens (primary N) is 1. The van der Waals surface area contributed by atoms with Gasteiger partial charge in [0.15, 0.2) is 0 Å². The summed E-state index contributed by atoms with van der Waals surface area (Å²) in [4.78, 5) is 2.34. The third kappa shape index (κ3) is 4.10. The maximum atomic E-state index is 5.97. The third-order valence-electron chi connectivity index (χ3n) is 3.48. The first-order chi connectivity index (χ1) is 9.70. The molecule has 1 aromatic rings. The van der Waals surface area contributed by atoms with Crippen LogP contribution in [0.5, 0.6) is 11.5 Å². The van der Waals surface area contributed by atoms with Crippen LogP contribution in [0.25, 0.3) is 0 Å². The lowest BCUT2D eigenvalue weighted by Gasteiger charge is -2.26. The molecule has 0 bridgehead atoms. The Bertz CT molecular complexity index is 418. The first-order valence-electron chi connectivity index (χ1n) is 7.07. The molecule has 1 aliphatic heterocycles. The minimum atomic E-state index is -0.0562. The van der Waals surface area contributed by atoms with Gasteiger partial charge in [-0.1, -0.05) is 6.07 Å². The zero-order chi connectivity index (χ0) is 14.4. The fourth-order valence-electron chi connectivity index (χ4n) is 2.25. The summed E-state index contributed by atoms with van der Waals surface area (Å²) >= 11 is 0. The molecule has 0 amide bonds. The van der Waals surface area contributed by atoms with Crippen LogP contribution in [-0.2, 0) is 4.74 Å². The molecule has 2 rings (SSSR count). The van der Waals surface area contributed by atoms with E-state index in [9.17, 15) is 0 Å².